The first-order chi connectivity index (χ1) is 8.59. The molecule has 0 fully saturated rings. The first-order valence-electron chi connectivity index (χ1n) is 6.42. The van der Waals surface area contributed by atoms with Gasteiger partial charge in [-0.3, -0.25) is 0 Å². The number of benzene rings is 1. The highest BCUT2D eigenvalue weighted by atomic mass is 32.2. The Labute approximate surface area is 109 Å². The van der Waals surface area contributed by atoms with Gasteiger partial charge in [0.2, 0.25) is 10.0 Å². The summed E-state index contributed by atoms with van der Waals surface area (Å²) in [7, 11) is -3.33. The van der Waals surface area contributed by atoms with Gasteiger partial charge in [0, 0.05) is 19.6 Å². The molecule has 0 saturated carbocycles. The maximum Gasteiger partial charge on any atom is 0.243 e. The van der Waals surface area contributed by atoms with E-state index >= 15 is 0 Å². The third kappa shape index (κ3) is 2.43. The zero-order valence-corrected chi connectivity index (χ0v) is 11.8. The maximum atomic E-state index is 12.4. The number of hydrogen-bond donors (Lipinski definition) is 1. The summed E-state index contributed by atoms with van der Waals surface area (Å²) in [5.41, 5.74) is 2.36. The van der Waals surface area contributed by atoms with E-state index in [2.05, 4.69) is 5.32 Å². The minimum absolute atomic E-state index is 0.411. The molecule has 0 radical (unpaired) electrons. The van der Waals surface area contributed by atoms with Crippen molar-refractivity contribution in [2.24, 2.45) is 0 Å². The van der Waals surface area contributed by atoms with Crippen molar-refractivity contribution in [1.29, 1.82) is 0 Å². The van der Waals surface area contributed by atoms with Crippen LogP contribution in [0.25, 0.3) is 0 Å². The van der Waals surface area contributed by atoms with Gasteiger partial charge in [-0.2, -0.15) is 4.31 Å². The predicted octanol–water partition coefficient (Wildman–Crippen LogP) is 1.36. The predicted molar refractivity (Wildman–Crippen MR) is 72.0 cm³/mol. The van der Waals surface area contributed by atoms with Crippen molar-refractivity contribution in [3.8, 4) is 0 Å². The SMILES string of the molecule is CCN(CC)S(=O)(=O)c1ccc2c(c1)CNCC2. The van der Waals surface area contributed by atoms with Gasteiger partial charge in [-0.15, -0.1) is 0 Å². The molecule has 0 atom stereocenters. The van der Waals surface area contributed by atoms with Crippen molar-refractivity contribution in [3.63, 3.8) is 0 Å². The maximum absolute atomic E-state index is 12.4. The first-order valence-corrected chi connectivity index (χ1v) is 7.86. The number of nitrogens with one attached hydrogen (secondary N) is 1. The average Bonchev–Trinajstić information content (AvgIpc) is 2.39. The van der Waals surface area contributed by atoms with Gasteiger partial charge >= 0.3 is 0 Å². The Balaban J connectivity index is 2.39. The first kappa shape index (κ1) is 13.5. The number of nitrogens with zero attached hydrogens (tertiary/aromatic N) is 1. The fourth-order valence-electron chi connectivity index (χ4n) is 2.33. The molecule has 1 aliphatic heterocycles. The summed E-state index contributed by atoms with van der Waals surface area (Å²) in [6.07, 6.45) is 0.973. The van der Waals surface area contributed by atoms with Crippen LogP contribution in [0.4, 0.5) is 0 Å². The normalized spacial score (nSPS) is 15.7. The third-order valence-corrected chi connectivity index (χ3v) is 5.45. The molecule has 0 spiro atoms. The van der Waals surface area contributed by atoms with Crippen molar-refractivity contribution in [2.75, 3.05) is 19.6 Å². The lowest BCUT2D eigenvalue weighted by Gasteiger charge is -2.21. The molecule has 100 valence electrons. The minimum atomic E-state index is -3.33. The van der Waals surface area contributed by atoms with Crippen LogP contribution < -0.4 is 5.32 Å². The lowest BCUT2D eigenvalue weighted by Crippen LogP contribution is -2.31. The zero-order chi connectivity index (χ0) is 13.2. The smallest absolute Gasteiger partial charge is 0.243 e. The summed E-state index contributed by atoms with van der Waals surface area (Å²) >= 11 is 0. The van der Waals surface area contributed by atoms with E-state index in [1.165, 1.54) is 9.87 Å². The van der Waals surface area contributed by atoms with Crippen LogP contribution in [-0.2, 0) is 23.0 Å². The van der Waals surface area contributed by atoms with E-state index in [0.717, 1.165) is 25.1 Å². The van der Waals surface area contributed by atoms with Crippen molar-refractivity contribution >= 4 is 10.0 Å². The third-order valence-electron chi connectivity index (χ3n) is 3.41. The van der Waals surface area contributed by atoms with Crippen molar-refractivity contribution < 1.29 is 8.42 Å². The molecule has 1 aromatic carbocycles. The Morgan fingerprint density at radius 2 is 1.94 bits per heavy atom. The molecule has 0 saturated heterocycles. The summed E-state index contributed by atoms with van der Waals surface area (Å²) in [5.74, 6) is 0. The van der Waals surface area contributed by atoms with E-state index in [9.17, 15) is 8.42 Å². The van der Waals surface area contributed by atoms with Gasteiger partial charge in [0.15, 0.2) is 0 Å². The number of fused-ring (bicyclic) bond motifs is 1. The lowest BCUT2D eigenvalue weighted by molar-refractivity contribution is 0.445. The Hall–Kier alpha value is -0.910. The fraction of sp³-hybridized carbons (Fsp3) is 0.538. The molecule has 1 N–H and O–H groups in total. The van der Waals surface area contributed by atoms with Gasteiger partial charge in [-0.1, -0.05) is 19.9 Å². The topological polar surface area (TPSA) is 49.4 Å². The molecular formula is C13H20N2O2S. The largest absolute Gasteiger partial charge is 0.312 e. The quantitative estimate of drug-likeness (QED) is 0.897. The van der Waals surface area contributed by atoms with Crippen LogP contribution in [0.1, 0.15) is 25.0 Å². The van der Waals surface area contributed by atoms with Gasteiger partial charge in [0.25, 0.3) is 0 Å². The second-order valence-corrected chi connectivity index (χ2v) is 6.38. The van der Waals surface area contributed by atoms with E-state index in [1.54, 1.807) is 6.07 Å². The summed E-state index contributed by atoms with van der Waals surface area (Å²) in [4.78, 5) is 0.411. The molecule has 1 aromatic rings. The zero-order valence-electron chi connectivity index (χ0n) is 10.9. The molecule has 0 bridgehead atoms. The van der Waals surface area contributed by atoms with Gasteiger partial charge in [-0.25, -0.2) is 8.42 Å². The second-order valence-electron chi connectivity index (χ2n) is 4.45. The Morgan fingerprint density at radius 1 is 1.22 bits per heavy atom. The molecule has 0 amide bonds. The molecule has 0 aromatic heterocycles. The van der Waals surface area contributed by atoms with Gasteiger partial charge in [-0.05, 0) is 36.2 Å². The molecule has 18 heavy (non-hydrogen) atoms. The van der Waals surface area contributed by atoms with Crippen LogP contribution in [0.5, 0.6) is 0 Å². The van der Waals surface area contributed by atoms with Crippen LogP contribution in [0, 0.1) is 0 Å². The fourth-order valence-corrected chi connectivity index (χ4v) is 3.84. The number of sulfonamides is 1. The minimum Gasteiger partial charge on any atom is -0.312 e. The second kappa shape index (κ2) is 5.38. The standard InChI is InChI=1S/C13H20N2O2S/c1-3-15(4-2)18(16,17)13-6-5-11-7-8-14-10-12(11)9-13/h5-6,9,14H,3-4,7-8,10H2,1-2H3. The molecule has 1 aliphatic rings. The van der Waals surface area contributed by atoms with Crippen molar-refractivity contribution in [3.05, 3.63) is 29.3 Å². The van der Waals surface area contributed by atoms with E-state index in [1.807, 2.05) is 26.0 Å². The van der Waals surface area contributed by atoms with Gasteiger partial charge in [0.05, 0.1) is 4.90 Å². The summed E-state index contributed by atoms with van der Waals surface area (Å²) in [6, 6.07) is 5.50. The van der Waals surface area contributed by atoms with Gasteiger partial charge in [0.1, 0.15) is 0 Å². The molecule has 1 heterocycles. The Bertz CT molecular complexity index is 522. The van der Waals surface area contributed by atoms with E-state index in [-0.39, 0.29) is 0 Å². The molecule has 2 rings (SSSR count). The molecular weight excluding hydrogens is 248 g/mol. The van der Waals surface area contributed by atoms with Crippen LogP contribution in [-0.4, -0.2) is 32.4 Å². The Morgan fingerprint density at radius 3 is 2.61 bits per heavy atom. The van der Waals surface area contributed by atoms with Crippen LogP contribution in [0.3, 0.4) is 0 Å². The summed E-state index contributed by atoms with van der Waals surface area (Å²) in [6.45, 7) is 6.47. The van der Waals surface area contributed by atoms with Crippen molar-refractivity contribution in [1.82, 2.24) is 9.62 Å². The molecule has 0 unspecified atom stereocenters. The molecule has 4 nitrogen and oxygen atoms in total. The highest BCUT2D eigenvalue weighted by Gasteiger charge is 2.22. The summed E-state index contributed by atoms with van der Waals surface area (Å²) in [5, 5.41) is 3.27. The lowest BCUT2D eigenvalue weighted by atomic mass is 10.0. The number of hydrogen-bond acceptors (Lipinski definition) is 3. The number of rotatable bonds is 4. The van der Waals surface area contributed by atoms with E-state index in [4.69, 9.17) is 0 Å². The van der Waals surface area contributed by atoms with Crippen LogP contribution >= 0.6 is 0 Å². The monoisotopic (exact) mass is 268 g/mol. The molecule has 0 aliphatic carbocycles. The summed E-state index contributed by atoms with van der Waals surface area (Å²) < 4.78 is 26.3. The van der Waals surface area contributed by atoms with Crippen LogP contribution in [0.2, 0.25) is 0 Å². The highest BCUT2D eigenvalue weighted by molar-refractivity contribution is 7.89. The average molecular weight is 268 g/mol. The van der Waals surface area contributed by atoms with Crippen molar-refractivity contribution in [2.45, 2.75) is 31.7 Å². The highest BCUT2D eigenvalue weighted by Crippen LogP contribution is 2.21. The molecule has 5 heteroatoms. The van der Waals surface area contributed by atoms with E-state index < -0.39 is 10.0 Å². The Kier molecular flexibility index (Phi) is 4.04. The van der Waals surface area contributed by atoms with Gasteiger partial charge < -0.3 is 5.32 Å². The van der Waals surface area contributed by atoms with Crippen LogP contribution in [0.15, 0.2) is 23.1 Å². The van der Waals surface area contributed by atoms with E-state index in [0.29, 0.717) is 18.0 Å².